The molecule has 1 unspecified atom stereocenters. The molecule has 13 heteroatoms. The molecule has 2 aromatic rings. The lowest BCUT2D eigenvalue weighted by atomic mass is 9.85. The summed E-state index contributed by atoms with van der Waals surface area (Å²) >= 11 is 1.18. The first-order valence-corrected chi connectivity index (χ1v) is 9.67. The van der Waals surface area contributed by atoms with Crippen LogP contribution in [0.4, 0.5) is 11.1 Å². The molecule has 1 atom stereocenters. The summed E-state index contributed by atoms with van der Waals surface area (Å²) in [5.74, 6) is 0.560. The van der Waals surface area contributed by atoms with Crippen molar-refractivity contribution in [1.82, 2.24) is 29.7 Å². The van der Waals surface area contributed by atoms with Gasteiger partial charge in [-0.25, -0.2) is 25.0 Å². The highest BCUT2D eigenvalue weighted by atomic mass is 32.1. The normalized spacial score (nSPS) is 19.2. The second-order valence-electron chi connectivity index (χ2n) is 8.71. The fourth-order valence-corrected chi connectivity index (χ4v) is 3.27. The van der Waals surface area contributed by atoms with E-state index < -0.39 is 11.4 Å². The van der Waals surface area contributed by atoms with Crippen molar-refractivity contribution in [3.63, 3.8) is 0 Å². The van der Waals surface area contributed by atoms with Gasteiger partial charge in [-0.3, -0.25) is 20.8 Å². The van der Waals surface area contributed by atoms with Gasteiger partial charge in [-0.1, -0.05) is 41.5 Å². The second kappa shape index (κ2) is 7.15. The summed E-state index contributed by atoms with van der Waals surface area (Å²) < 4.78 is 4.33. The number of hydrogen-bond donors (Lipinski definition) is 5. The molecule has 0 aliphatic carbocycles. The Hall–Kier alpha value is -2.93. The highest BCUT2D eigenvalue weighted by molar-refractivity contribution is 7.09. The van der Waals surface area contributed by atoms with E-state index in [0.717, 1.165) is 0 Å². The van der Waals surface area contributed by atoms with Gasteiger partial charge in [0.05, 0.1) is 6.04 Å². The number of aromatic amines is 2. The second-order valence-corrected chi connectivity index (χ2v) is 9.47. The highest BCUT2D eigenvalue weighted by Crippen LogP contribution is 2.27. The molecule has 3 heterocycles. The fourth-order valence-electron chi connectivity index (χ4n) is 2.56. The molecule has 1 aliphatic heterocycles. The molecule has 0 radical (unpaired) electrons. The summed E-state index contributed by atoms with van der Waals surface area (Å²) in [6, 6.07) is -0.387. The van der Waals surface area contributed by atoms with E-state index in [1.807, 2.05) is 46.5 Å². The third kappa shape index (κ3) is 4.40. The lowest BCUT2D eigenvalue weighted by Gasteiger charge is -2.27. The molecular weight excluding hydrogens is 396 g/mol. The van der Waals surface area contributed by atoms with E-state index >= 15 is 0 Å². The number of amidine groups is 1. The van der Waals surface area contributed by atoms with Crippen LogP contribution in [0.1, 0.15) is 47.4 Å². The molecule has 0 saturated carbocycles. The maximum absolute atomic E-state index is 11.6. The molecule has 1 fully saturated rings. The number of anilines is 2. The first-order valence-electron chi connectivity index (χ1n) is 8.90. The van der Waals surface area contributed by atoms with Gasteiger partial charge < -0.3 is 0 Å². The van der Waals surface area contributed by atoms with Crippen molar-refractivity contribution in [2.75, 3.05) is 10.4 Å². The van der Waals surface area contributed by atoms with Gasteiger partial charge in [-0.05, 0) is 5.41 Å². The monoisotopic (exact) mass is 420 g/mol. The standard InChI is InChI=1S/C16H24N10O2S/c1-15(2,3)8-7(22-23-14-18-10(25-29-14)16(4,5)6)9(17)26(24-8)11-19-12(27)21-13(28)20-11/h8,17,24H,1-6H3,(H,18,23,25)(H2,19,20,21,27,28). The van der Waals surface area contributed by atoms with Crippen LogP contribution in [0.15, 0.2) is 14.7 Å². The van der Waals surface area contributed by atoms with E-state index in [1.165, 1.54) is 16.5 Å². The zero-order valence-corrected chi connectivity index (χ0v) is 17.9. The van der Waals surface area contributed by atoms with Gasteiger partial charge in [0.1, 0.15) is 11.5 Å². The molecule has 0 aromatic carbocycles. The number of rotatable bonds is 3. The number of hydrazone groups is 1. The van der Waals surface area contributed by atoms with Crippen LogP contribution in [-0.2, 0) is 5.41 Å². The topological polar surface area (TPSA) is 168 Å². The first-order chi connectivity index (χ1) is 13.4. The number of nitrogens with one attached hydrogen (secondary N) is 5. The Bertz CT molecular complexity index is 1040. The van der Waals surface area contributed by atoms with Gasteiger partial charge in [0.25, 0.3) is 0 Å². The molecule has 12 nitrogen and oxygen atoms in total. The van der Waals surface area contributed by atoms with Crippen molar-refractivity contribution in [1.29, 1.82) is 5.41 Å². The lowest BCUT2D eigenvalue weighted by Crippen LogP contribution is -2.45. The van der Waals surface area contributed by atoms with E-state index in [-0.39, 0.29) is 28.7 Å². The van der Waals surface area contributed by atoms with Crippen LogP contribution in [0.25, 0.3) is 0 Å². The van der Waals surface area contributed by atoms with E-state index in [1.54, 1.807) is 0 Å². The lowest BCUT2D eigenvalue weighted by molar-refractivity contribution is 0.343. The van der Waals surface area contributed by atoms with Gasteiger partial charge >= 0.3 is 11.4 Å². The molecule has 0 spiro atoms. The molecule has 3 rings (SSSR count). The van der Waals surface area contributed by atoms with Gasteiger partial charge in [-0.15, -0.1) is 0 Å². The third-order valence-corrected chi connectivity index (χ3v) is 4.72. The quantitative estimate of drug-likeness (QED) is 0.454. The van der Waals surface area contributed by atoms with Crippen LogP contribution >= 0.6 is 11.5 Å². The van der Waals surface area contributed by atoms with E-state index in [9.17, 15) is 9.59 Å². The zero-order chi connectivity index (χ0) is 21.6. The predicted octanol–water partition coefficient (Wildman–Crippen LogP) is 0.792. The summed E-state index contributed by atoms with van der Waals surface area (Å²) in [5, 5.41) is 14.6. The molecule has 2 aromatic heterocycles. The smallest absolute Gasteiger partial charge is 0.281 e. The van der Waals surface area contributed by atoms with Gasteiger partial charge in [0, 0.05) is 16.9 Å². The first kappa shape index (κ1) is 20.8. The molecule has 156 valence electrons. The van der Waals surface area contributed by atoms with Crippen molar-refractivity contribution in [3.8, 4) is 0 Å². The van der Waals surface area contributed by atoms with Crippen LogP contribution in [-0.4, -0.2) is 41.9 Å². The summed E-state index contributed by atoms with van der Waals surface area (Å²) in [6.45, 7) is 12.0. The van der Waals surface area contributed by atoms with E-state index in [2.05, 4.69) is 35.3 Å². The van der Waals surface area contributed by atoms with Crippen LogP contribution in [0.2, 0.25) is 0 Å². The molecule has 1 saturated heterocycles. The SMILES string of the molecule is CC(C)(C)c1nsc(NN=C2C(=N)N(c3nc(=O)[nH]c(=O)[nH]3)NC2C(C)(C)C)n1. The maximum atomic E-state index is 11.6. The molecule has 0 amide bonds. The Labute approximate surface area is 170 Å². The Kier molecular flexibility index (Phi) is 5.13. The molecule has 0 bridgehead atoms. The van der Waals surface area contributed by atoms with Crippen molar-refractivity contribution in [2.24, 2.45) is 10.5 Å². The Balaban J connectivity index is 1.93. The molecule has 5 N–H and O–H groups in total. The van der Waals surface area contributed by atoms with Crippen molar-refractivity contribution in [2.45, 2.75) is 53.0 Å². The summed E-state index contributed by atoms with van der Waals surface area (Å²) in [7, 11) is 0. The Morgan fingerprint density at radius 2 is 1.83 bits per heavy atom. The van der Waals surface area contributed by atoms with Crippen molar-refractivity contribution in [3.05, 3.63) is 26.8 Å². The molecular formula is C16H24N10O2S. The summed E-state index contributed by atoms with van der Waals surface area (Å²) in [6.07, 6.45) is 0. The molecule has 29 heavy (non-hydrogen) atoms. The van der Waals surface area contributed by atoms with Crippen LogP contribution in [0.5, 0.6) is 0 Å². The highest BCUT2D eigenvalue weighted by Gasteiger charge is 2.42. The maximum Gasteiger partial charge on any atom is 0.352 e. The minimum Gasteiger partial charge on any atom is -0.281 e. The fraction of sp³-hybridized carbons (Fsp3) is 0.562. The van der Waals surface area contributed by atoms with E-state index in [0.29, 0.717) is 16.7 Å². The van der Waals surface area contributed by atoms with E-state index in [4.69, 9.17) is 5.41 Å². The minimum atomic E-state index is -0.808. The Morgan fingerprint density at radius 3 is 2.38 bits per heavy atom. The van der Waals surface area contributed by atoms with Crippen LogP contribution < -0.4 is 27.2 Å². The van der Waals surface area contributed by atoms with Gasteiger partial charge in [0.15, 0.2) is 5.84 Å². The zero-order valence-electron chi connectivity index (χ0n) is 17.0. The van der Waals surface area contributed by atoms with Crippen LogP contribution in [0, 0.1) is 10.8 Å². The predicted molar refractivity (Wildman–Crippen MR) is 112 cm³/mol. The van der Waals surface area contributed by atoms with Gasteiger partial charge in [-0.2, -0.15) is 14.5 Å². The van der Waals surface area contributed by atoms with Crippen LogP contribution in [0.3, 0.4) is 0 Å². The minimum absolute atomic E-state index is 0.0493. The number of H-pyrrole nitrogens is 2. The van der Waals surface area contributed by atoms with Gasteiger partial charge in [0.2, 0.25) is 11.1 Å². The van der Waals surface area contributed by atoms with Crippen molar-refractivity contribution < 1.29 is 0 Å². The van der Waals surface area contributed by atoms with Crippen molar-refractivity contribution >= 4 is 34.2 Å². The Morgan fingerprint density at radius 1 is 1.14 bits per heavy atom. The average molecular weight is 421 g/mol. The number of hydrazine groups is 1. The summed E-state index contributed by atoms with van der Waals surface area (Å²) in [4.78, 5) is 35.7. The summed E-state index contributed by atoms with van der Waals surface area (Å²) in [5.41, 5.74) is 4.30. The number of aromatic nitrogens is 5. The third-order valence-electron chi connectivity index (χ3n) is 4.10. The number of nitrogens with zero attached hydrogens (tertiary/aromatic N) is 5. The largest absolute Gasteiger partial charge is 0.352 e. The molecule has 1 aliphatic rings. The number of hydrogen-bond acceptors (Lipinski definition) is 10. The average Bonchev–Trinajstić information content (AvgIpc) is 3.16.